The van der Waals surface area contributed by atoms with Gasteiger partial charge in [-0.05, 0) is 49.1 Å². The van der Waals surface area contributed by atoms with Gasteiger partial charge in [0.2, 0.25) is 0 Å². The van der Waals surface area contributed by atoms with Crippen LogP contribution < -0.4 is 10.6 Å². The number of urea groups is 1. The van der Waals surface area contributed by atoms with Gasteiger partial charge in [-0.2, -0.15) is 0 Å². The molecule has 0 radical (unpaired) electrons. The van der Waals surface area contributed by atoms with Crippen molar-refractivity contribution in [3.63, 3.8) is 0 Å². The molecule has 0 spiro atoms. The van der Waals surface area contributed by atoms with Crippen molar-refractivity contribution >= 4 is 23.3 Å². The monoisotopic (exact) mass is 280 g/mol. The lowest BCUT2D eigenvalue weighted by Gasteiger charge is -2.15. The summed E-state index contributed by atoms with van der Waals surface area (Å²) in [7, 11) is 0. The molecule has 19 heavy (non-hydrogen) atoms. The Bertz CT molecular complexity index is 492. The molecule has 5 heteroatoms. The zero-order chi connectivity index (χ0) is 13.7. The highest BCUT2D eigenvalue weighted by molar-refractivity contribution is 6.30. The molecule has 2 N–H and O–H groups in total. The Morgan fingerprint density at radius 1 is 1.37 bits per heavy atom. The van der Waals surface area contributed by atoms with Gasteiger partial charge in [0.1, 0.15) is 0 Å². The summed E-state index contributed by atoms with van der Waals surface area (Å²) < 4.78 is 5.25. The fourth-order valence-corrected chi connectivity index (χ4v) is 2.10. The molecular weight excluding hydrogens is 264 g/mol. The molecule has 0 unspecified atom stereocenters. The predicted molar refractivity (Wildman–Crippen MR) is 76.5 cm³/mol. The van der Waals surface area contributed by atoms with Gasteiger partial charge in [0.25, 0.3) is 0 Å². The van der Waals surface area contributed by atoms with Crippen molar-refractivity contribution in [2.75, 3.05) is 18.5 Å². The van der Waals surface area contributed by atoms with Gasteiger partial charge in [-0.15, -0.1) is 0 Å². The maximum Gasteiger partial charge on any atom is 0.323 e. The second-order valence-corrected chi connectivity index (χ2v) is 4.91. The van der Waals surface area contributed by atoms with Crippen LogP contribution in [0.2, 0.25) is 5.02 Å². The number of rotatable bonds is 2. The Morgan fingerprint density at radius 3 is 2.79 bits per heavy atom. The first kappa shape index (κ1) is 13.9. The number of aryl methyl sites for hydroxylation is 1. The van der Waals surface area contributed by atoms with Gasteiger partial charge in [0, 0.05) is 16.9 Å². The van der Waals surface area contributed by atoms with Crippen LogP contribution >= 0.6 is 11.6 Å². The van der Waals surface area contributed by atoms with E-state index in [1.54, 1.807) is 18.3 Å². The molecule has 1 fully saturated rings. The van der Waals surface area contributed by atoms with Crippen LogP contribution in [0.25, 0.3) is 0 Å². The highest BCUT2D eigenvalue weighted by atomic mass is 35.5. The van der Waals surface area contributed by atoms with E-state index >= 15 is 0 Å². The molecule has 1 aliphatic heterocycles. The fourth-order valence-electron chi connectivity index (χ4n) is 1.87. The molecule has 102 valence electrons. The van der Waals surface area contributed by atoms with E-state index < -0.39 is 0 Å². The third-order valence-electron chi connectivity index (χ3n) is 2.98. The molecular formula is C14H17ClN2O2. The summed E-state index contributed by atoms with van der Waals surface area (Å²) in [6.45, 7) is 3.36. The highest BCUT2D eigenvalue weighted by Crippen LogP contribution is 2.19. The van der Waals surface area contributed by atoms with E-state index in [0.717, 1.165) is 37.3 Å². The number of benzene rings is 1. The van der Waals surface area contributed by atoms with Crippen LogP contribution in [0, 0.1) is 6.92 Å². The van der Waals surface area contributed by atoms with Crippen molar-refractivity contribution in [3.05, 3.63) is 40.6 Å². The molecule has 4 nitrogen and oxygen atoms in total. The molecule has 0 atom stereocenters. The Labute approximate surface area is 117 Å². The van der Waals surface area contributed by atoms with Gasteiger partial charge in [-0.3, -0.25) is 0 Å². The Kier molecular flexibility index (Phi) is 4.82. The minimum Gasteiger partial charge on any atom is -0.381 e. The van der Waals surface area contributed by atoms with Crippen molar-refractivity contribution in [3.8, 4) is 0 Å². The number of ether oxygens (including phenoxy) is 1. The van der Waals surface area contributed by atoms with Crippen molar-refractivity contribution in [1.82, 2.24) is 5.32 Å². The van der Waals surface area contributed by atoms with E-state index in [2.05, 4.69) is 10.6 Å². The van der Waals surface area contributed by atoms with Gasteiger partial charge >= 0.3 is 6.03 Å². The summed E-state index contributed by atoms with van der Waals surface area (Å²) in [6, 6.07) is 5.11. The normalized spacial score (nSPS) is 14.9. The average Bonchev–Trinajstić information content (AvgIpc) is 2.41. The minimum absolute atomic E-state index is 0.246. The summed E-state index contributed by atoms with van der Waals surface area (Å²) in [4.78, 5) is 11.8. The number of nitrogens with one attached hydrogen (secondary N) is 2. The number of amides is 2. The summed E-state index contributed by atoms with van der Waals surface area (Å²) in [6.07, 6.45) is 3.52. The lowest BCUT2D eigenvalue weighted by atomic mass is 10.1. The standard InChI is InChI=1S/C14H17ClN2O2/c1-10-8-12(15)2-3-13(10)17-14(18)16-9-11-4-6-19-7-5-11/h2-3,8-9H,4-7H2,1H3,(H2,16,17,18). The number of anilines is 1. The number of carbonyl (C=O) groups is 1. The van der Waals surface area contributed by atoms with Crippen LogP contribution in [0.15, 0.2) is 30.0 Å². The van der Waals surface area contributed by atoms with E-state index in [0.29, 0.717) is 5.02 Å². The molecule has 1 aromatic rings. The SMILES string of the molecule is Cc1cc(Cl)ccc1NC(=O)NC=C1CCOCC1. The zero-order valence-electron chi connectivity index (χ0n) is 10.8. The third kappa shape index (κ3) is 4.26. The maximum atomic E-state index is 11.8. The molecule has 0 aromatic heterocycles. The van der Waals surface area contributed by atoms with E-state index in [1.165, 1.54) is 5.57 Å². The molecule has 1 aliphatic rings. The van der Waals surface area contributed by atoms with Crippen LogP contribution in [-0.2, 0) is 4.74 Å². The van der Waals surface area contributed by atoms with Gasteiger partial charge < -0.3 is 15.4 Å². The van der Waals surface area contributed by atoms with Crippen molar-refractivity contribution in [2.45, 2.75) is 19.8 Å². The molecule has 2 rings (SSSR count). The maximum absolute atomic E-state index is 11.8. The van der Waals surface area contributed by atoms with Gasteiger partial charge in [0.05, 0.1) is 13.2 Å². The second kappa shape index (κ2) is 6.59. The number of hydrogen-bond donors (Lipinski definition) is 2. The molecule has 1 aromatic carbocycles. The van der Waals surface area contributed by atoms with E-state index in [1.807, 2.05) is 13.0 Å². The van der Waals surface area contributed by atoms with Crippen LogP contribution in [0.5, 0.6) is 0 Å². The van der Waals surface area contributed by atoms with Crippen molar-refractivity contribution in [1.29, 1.82) is 0 Å². The smallest absolute Gasteiger partial charge is 0.323 e. The Morgan fingerprint density at radius 2 is 2.11 bits per heavy atom. The third-order valence-corrected chi connectivity index (χ3v) is 3.21. The topological polar surface area (TPSA) is 50.4 Å². The fraction of sp³-hybridized carbons (Fsp3) is 0.357. The van der Waals surface area contributed by atoms with Gasteiger partial charge in [0.15, 0.2) is 0 Å². The average molecular weight is 281 g/mol. The number of halogens is 1. The molecule has 1 saturated heterocycles. The summed E-state index contributed by atoms with van der Waals surface area (Å²) in [5.41, 5.74) is 2.89. The predicted octanol–water partition coefficient (Wildman–Crippen LogP) is 3.46. The quantitative estimate of drug-likeness (QED) is 0.871. The van der Waals surface area contributed by atoms with Crippen molar-refractivity contribution < 1.29 is 9.53 Å². The van der Waals surface area contributed by atoms with Crippen molar-refractivity contribution in [2.24, 2.45) is 0 Å². The molecule has 0 aliphatic carbocycles. The first-order valence-electron chi connectivity index (χ1n) is 6.24. The highest BCUT2D eigenvalue weighted by Gasteiger charge is 2.07. The zero-order valence-corrected chi connectivity index (χ0v) is 11.6. The summed E-state index contributed by atoms with van der Waals surface area (Å²) >= 11 is 5.87. The lowest BCUT2D eigenvalue weighted by molar-refractivity contribution is 0.119. The van der Waals surface area contributed by atoms with E-state index in [4.69, 9.17) is 16.3 Å². The van der Waals surface area contributed by atoms with Crippen LogP contribution in [-0.4, -0.2) is 19.2 Å². The molecule has 1 heterocycles. The summed E-state index contributed by atoms with van der Waals surface area (Å²) in [5, 5.41) is 6.19. The van der Waals surface area contributed by atoms with E-state index in [9.17, 15) is 4.79 Å². The van der Waals surface area contributed by atoms with Crippen LogP contribution in [0.4, 0.5) is 10.5 Å². The van der Waals surface area contributed by atoms with Gasteiger partial charge in [-0.1, -0.05) is 11.6 Å². The minimum atomic E-state index is -0.246. The Hall–Kier alpha value is -1.52. The first-order chi connectivity index (χ1) is 9.15. The molecule has 0 saturated carbocycles. The summed E-state index contributed by atoms with van der Waals surface area (Å²) in [5.74, 6) is 0. The number of carbonyl (C=O) groups excluding carboxylic acids is 1. The van der Waals surface area contributed by atoms with Gasteiger partial charge in [-0.25, -0.2) is 4.79 Å². The van der Waals surface area contributed by atoms with Crippen LogP contribution in [0.1, 0.15) is 18.4 Å². The molecule has 2 amide bonds. The first-order valence-corrected chi connectivity index (χ1v) is 6.62. The van der Waals surface area contributed by atoms with E-state index in [-0.39, 0.29) is 6.03 Å². The Balaban J connectivity index is 1.90. The van der Waals surface area contributed by atoms with Crippen LogP contribution in [0.3, 0.4) is 0 Å². The number of hydrogen-bond acceptors (Lipinski definition) is 2. The molecule has 0 bridgehead atoms. The lowest BCUT2D eigenvalue weighted by Crippen LogP contribution is -2.25. The largest absolute Gasteiger partial charge is 0.381 e. The second-order valence-electron chi connectivity index (χ2n) is 4.47.